The van der Waals surface area contributed by atoms with Crippen molar-refractivity contribution in [3.05, 3.63) is 48.2 Å². The Kier molecular flexibility index (Phi) is 3.44. The first kappa shape index (κ1) is 12.7. The van der Waals surface area contributed by atoms with Gasteiger partial charge in [0, 0.05) is 11.6 Å². The van der Waals surface area contributed by atoms with Gasteiger partial charge in [0.1, 0.15) is 5.82 Å². The van der Waals surface area contributed by atoms with Crippen LogP contribution < -0.4 is 4.72 Å². The van der Waals surface area contributed by atoms with Gasteiger partial charge < -0.3 is 4.98 Å². The standard InChI is InChI=1S/C11H12FN3O2S/c1-8(9-4-2-3-5-10(9)12)15-18(16,17)11-6-13-7-14-11/h2-8,15H,1H3,(H,13,14). The SMILES string of the molecule is CC(NS(=O)(=O)c1cnc[nH]1)c1ccccc1F. The van der Waals surface area contributed by atoms with Crippen molar-refractivity contribution in [2.75, 3.05) is 0 Å². The Bertz CT molecular complexity index is 625. The number of aromatic amines is 1. The molecule has 0 saturated heterocycles. The second-order valence-corrected chi connectivity index (χ2v) is 5.46. The van der Waals surface area contributed by atoms with Crippen LogP contribution in [0.3, 0.4) is 0 Å². The summed E-state index contributed by atoms with van der Waals surface area (Å²) in [7, 11) is -3.72. The molecule has 1 unspecified atom stereocenters. The molecule has 2 rings (SSSR count). The molecular formula is C11H12FN3O2S. The van der Waals surface area contributed by atoms with Crippen molar-refractivity contribution in [2.45, 2.75) is 18.0 Å². The van der Waals surface area contributed by atoms with Gasteiger partial charge in [0.2, 0.25) is 0 Å². The van der Waals surface area contributed by atoms with Gasteiger partial charge in [-0.1, -0.05) is 18.2 Å². The van der Waals surface area contributed by atoms with E-state index in [9.17, 15) is 12.8 Å². The number of nitrogens with zero attached hydrogens (tertiary/aromatic N) is 1. The van der Waals surface area contributed by atoms with Crippen molar-refractivity contribution < 1.29 is 12.8 Å². The highest BCUT2D eigenvalue weighted by atomic mass is 32.2. The Labute approximate surface area is 104 Å². The van der Waals surface area contributed by atoms with Gasteiger partial charge in [0.25, 0.3) is 10.0 Å². The summed E-state index contributed by atoms with van der Waals surface area (Å²) in [5.74, 6) is -0.447. The predicted molar refractivity (Wildman–Crippen MR) is 63.7 cm³/mol. The van der Waals surface area contributed by atoms with Crippen molar-refractivity contribution >= 4 is 10.0 Å². The van der Waals surface area contributed by atoms with E-state index in [4.69, 9.17) is 0 Å². The average molecular weight is 269 g/mol. The number of hydrogen-bond donors (Lipinski definition) is 2. The van der Waals surface area contributed by atoms with Gasteiger partial charge in [-0.05, 0) is 13.0 Å². The summed E-state index contributed by atoms with van der Waals surface area (Å²) in [6.45, 7) is 1.58. The van der Waals surface area contributed by atoms with Crippen LogP contribution in [-0.2, 0) is 10.0 Å². The number of imidazole rings is 1. The highest BCUT2D eigenvalue weighted by Crippen LogP contribution is 2.18. The quantitative estimate of drug-likeness (QED) is 0.885. The molecule has 0 fully saturated rings. The van der Waals surface area contributed by atoms with Crippen LogP contribution in [-0.4, -0.2) is 18.4 Å². The van der Waals surface area contributed by atoms with Crippen molar-refractivity contribution in [2.24, 2.45) is 0 Å². The van der Waals surface area contributed by atoms with Gasteiger partial charge in [-0.25, -0.2) is 22.5 Å². The lowest BCUT2D eigenvalue weighted by atomic mass is 10.1. The zero-order valence-electron chi connectivity index (χ0n) is 9.59. The number of halogens is 1. The minimum atomic E-state index is -3.72. The van der Waals surface area contributed by atoms with Crippen LogP contribution in [0, 0.1) is 5.82 Å². The van der Waals surface area contributed by atoms with Gasteiger partial charge in [0.05, 0.1) is 12.5 Å². The van der Waals surface area contributed by atoms with Crippen LogP contribution in [0.15, 0.2) is 41.8 Å². The maximum absolute atomic E-state index is 13.5. The van der Waals surface area contributed by atoms with E-state index in [1.165, 1.54) is 24.7 Å². The number of H-pyrrole nitrogens is 1. The van der Waals surface area contributed by atoms with Gasteiger partial charge in [0.15, 0.2) is 5.03 Å². The van der Waals surface area contributed by atoms with E-state index < -0.39 is 21.9 Å². The molecule has 18 heavy (non-hydrogen) atoms. The summed E-state index contributed by atoms with van der Waals surface area (Å²) in [5, 5.41) is -0.0503. The van der Waals surface area contributed by atoms with E-state index in [1.54, 1.807) is 19.1 Å². The topological polar surface area (TPSA) is 74.8 Å². The lowest BCUT2D eigenvalue weighted by Gasteiger charge is -2.14. The number of hydrogen-bond acceptors (Lipinski definition) is 3. The Morgan fingerprint density at radius 3 is 2.72 bits per heavy atom. The molecule has 0 aliphatic carbocycles. The average Bonchev–Trinajstić information content (AvgIpc) is 2.82. The van der Waals surface area contributed by atoms with Gasteiger partial charge >= 0.3 is 0 Å². The molecule has 7 heteroatoms. The molecule has 1 atom stereocenters. The Hall–Kier alpha value is -1.73. The summed E-state index contributed by atoms with van der Waals surface area (Å²) >= 11 is 0. The minimum absolute atomic E-state index is 0.0503. The molecule has 0 aliphatic heterocycles. The molecule has 0 spiro atoms. The van der Waals surface area contributed by atoms with Crippen molar-refractivity contribution in [1.82, 2.24) is 14.7 Å². The third-order valence-corrected chi connectivity index (χ3v) is 3.93. The highest BCUT2D eigenvalue weighted by Gasteiger charge is 2.20. The smallest absolute Gasteiger partial charge is 0.258 e. The van der Waals surface area contributed by atoms with Crippen molar-refractivity contribution in [1.29, 1.82) is 0 Å². The fraction of sp³-hybridized carbons (Fsp3) is 0.182. The molecule has 96 valence electrons. The molecule has 0 saturated carbocycles. The van der Waals surface area contributed by atoms with E-state index >= 15 is 0 Å². The van der Waals surface area contributed by atoms with E-state index in [-0.39, 0.29) is 5.03 Å². The van der Waals surface area contributed by atoms with Crippen LogP contribution in [0.1, 0.15) is 18.5 Å². The number of rotatable bonds is 4. The first-order valence-electron chi connectivity index (χ1n) is 5.26. The van der Waals surface area contributed by atoms with Crippen LogP contribution >= 0.6 is 0 Å². The summed E-state index contributed by atoms with van der Waals surface area (Å²) in [6, 6.07) is 5.36. The van der Waals surface area contributed by atoms with Gasteiger partial charge in [-0.3, -0.25) is 0 Å². The number of sulfonamides is 1. The molecule has 5 nitrogen and oxygen atoms in total. The third-order valence-electron chi connectivity index (χ3n) is 2.47. The van der Waals surface area contributed by atoms with Gasteiger partial charge in [-0.2, -0.15) is 0 Å². The highest BCUT2D eigenvalue weighted by molar-refractivity contribution is 7.89. The molecule has 1 heterocycles. The molecule has 1 aromatic carbocycles. The molecular weight excluding hydrogens is 257 g/mol. The zero-order valence-corrected chi connectivity index (χ0v) is 10.4. The van der Waals surface area contributed by atoms with Crippen LogP contribution in [0.4, 0.5) is 4.39 Å². The fourth-order valence-corrected chi connectivity index (χ4v) is 2.70. The monoisotopic (exact) mass is 269 g/mol. The number of aromatic nitrogens is 2. The molecule has 1 aromatic heterocycles. The van der Waals surface area contributed by atoms with E-state index in [0.29, 0.717) is 5.56 Å². The summed E-state index contributed by atoms with van der Waals surface area (Å²) in [5.41, 5.74) is 0.292. The zero-order chi connectivity index (χ0) is 13.2. The molecule has 0 amide bonds. The Morgan fingerprint density at radius 1 is 1.39 bits per heavy atom. The maximum atomic E-state index is 13.5. The molecule has 0 aliphatic rings. The molecule has 0 bridgehead atoms. The normalized spacial score (nSPS) is 13.4. The first-order chi connectivity index (χ1) is 8.50. The molecule has 2 N–H and O–H groups in total. The fourth-order valence-electron chi connectivity index (χ4n) is 1.58. The van der Waals surface area contributed by atoms with E-state index in [1.807, 2.05) is 0 Å². The van der Waals surface area contributed by atoms with Crippen LogP contribution in [0.2, 0.25) is 0 Å². The predicted octanol–water partition coefficient (Wildman–Crippen LogP) is 1.59. The first-order valence-corrected chi connectivity index (χ1v) is 6.74. The summed E-state index contributed by atoms with van der Waals surface area (Å²) in [6.07, 6.45) is 2.46. The van der Waals surface area contributed by atoms with E-state index in [0.717, 1.165) is 0 Å². The van der Waals surface area contributed by atoms with Crippen molar-refractivity contribution in [3.63, 3.8) is 0 Å². The Balaban J connectivity index is 2.23. The lowest BCUT2D eigenvalue weighted by Crippen LogP contribution is -2.27. The summed E-state index contributed by atoms with van der Waals surface area (Å²) in [4.78, 5) is 6.13. The van der Waals surface area contributed by atoms with Crippen LogP contribution in [0.5, 0.6) is 0 Å². The molecule has 2 aromatic rings. The van der Waals surface area contributed by atoms with Crippen molar-refractivity contribution in [3.8, 4) is 0 Å². The largest absolute Gasteiger partial charge is 0.335 e. The summed E-state index contributed by atoms with van der Waals surface area (Å²) < 4.78 is 39.6. The molecule has 0 radical (unpaired) electrons. The second-order valence-electron chi connectivity index (χ2n) is 3.78. The number of benzene rings is 1. The second kappa shape index (κ2) is 4.87. The maximum Gasteiger partial charge on any atom is 0.258 e. The van der Waals surface area contributed by atoms with E-state index in [2.05, 4.69) is 14.7 Å². The third kappa shape index (κ3) is 2.57. The lowest BCUT2D eigenvalue weighted by molar-refractivity contribution is 0.548. The number of nitrogens with one attached hydrogen (secondary N) is 2. The minimum Gasteiger partial charge on any atom is -0.335 e. The van der Waals surface area contributed by atoms with Crippen LogP contribution in [0.25, 0.3) is 0 Å². The van der Waals surface area contributed by atoms with Gasteiger partial charge in [-0.15, -0.1) is 0 Å². The Morgan fingerprint density at radius 2 is 2.11 bits per heavy atom.